The number of unbranched alkanes of at least 4 members (excludes halogenated alkanes) is 2. The highest BCUT2D eigenvalue weighted by atomic mass is 32.2. The minimum atomic E-state index is -0.805. The summed E-state index contributed by atoms with van der Waals surface area (Å²) in [7, 11) is 1.82. The number of nitrogens with zero attached hydrogens (tertiary/aromatic N) is 2. The van der Waals surface area contributed by atoms with Crippen molar-refractivity contribution < 1.29 is 9.53 Å². The molecule has 4 aliphatic rings. The van der Waals surface area contributed by atoms with Crippen LogP contribution >= 0.6 is 11.8 Å². The van der Waals surface area contributed by atoms with Crippen LogP contribution in [0.4, 0.5) is 0 Å². The van der Waals surface area contributed by atoms with Gasteiger partial charge in [-0.2, -0.15) is 0 Å². The lowest BCUT2D eigenvalue weighted by Gasteiger charge is -2.45. The number of rotatable bonds is 7. The summed E-state index contributed by atoms with van der Waals surface area (Å²) < 4.78 is 5.74. The van der Waals surface area contributed by atoms with Crippen LogP contribution in [0.25, 0.3) is 0 Å². The first-order chi connectivity index (χ1) is 17.1. The normalized spacial score (nSPS) is 29.5. The van der Waals surface area contributed by atoms with Gasteiger partial charge in [-0.05, 0) is 81.0 Å². The van der Waals surface area contributed by atoms with Crippen LogP contribution in [0.3, 0.4) is 0 Å². The van der Waals surface area contributed by atoms with E-state index in [9.17, 15) is 4.79 Å². The lowest BCUT2D eigenvalue weighted by Crippen LogP contribution is -2.51. The van der Waals surface area contributed by atoms with Crippen LogP contribution in [-0.2, 0) is 21.5 Å². The number of amidine groups is 1. The molecule has 4 nitrogen and oxygen atoms in total. The number of hydrogen-bond acceptors (Lipinski definition) is 4. The van der Waals surface area contributed by atoms with E-state index in [0.29, 0.717) is 5.92 Å². The van der Waals surface area contributed by atoms with Crippen molar-refractivity contribution in [3.63, 3.8) is 0 Å². The number of fused-ring (bicyclic) bond motifs is 3. The van der Waals surface area contributed by atoms with Gasteiger partial charge in [-0.1, -0.05) is 56.4 Å². The summed E-state index contributed by atoms with van der Waals surface area (Å²) in [4.78, 5) is 22.1. The Kier molecular flexibility index (Phi) is 7.33. The number of carbonyl (C=O) groups is 1. The zero-order chi connectivity index (χ0) is 24.5. The minimum absolute atomic E-state index is 0.165. The Morgan fingerprint density at radius 1 is 1.14 bits per heavy atom. The van der Waals surface area contributed by atoms with Gasteiger partial charge in [0.2, 0.25) is 0 Å². The monoisotopic (exact) mass is 492 g/mol. The number of carbonyl (C=O) groups excluding carboxylic acids is 1. The van der Waals surface area contributed by atoms with Crippen molar-refractivity contribution in [3.8, 4) is 11.8 Å². The van der Waals surface area contributed by atoms with Crippen LogP contribution in [0.5, 0.6) is 0 Å². The molecular weight excluding hydrogens is 452 g/mol. The van der Waals surface area contributed by atoms with Crippen molar-refractivity contribution in [2.24, 2.45) is 16.3 Å². The number of ether oxygens (including phenoxy) is 1. The highest BCUT2D eigenvalue weighted by molar-refractivity contribution is 8.13. The van der Waals surface area contributed by atoms with Gasteiger partial charge in [-0.15, -0.1) is 0 Å². The summed E-state index contributed by atoms with van der Waals surface area (Å²) in [6.45, 7) is 5.18. The van der Waals surface area contributed by atoms with E-state index < -0.39 is 5.54 Å². The molecule has 1 aromatic rings. The summed E-state index contributed by atoms with van der Waals surface area (Å²) in [6.07, 6.45) is 12.0. The second-order valence-corrected chi connectivity index (χ2v) is 12.0. The van der Waals surface area contributed by atoms with E-state index in [-0.39, 0.29) is 17.4 Å². The highest BCUT2D eigenvalue weighted by Crippen LogP contribution is 2.62. The summed E-state index contributed by atoms with van der Waals surface area (Å²) in [5, 5.41) is 0.951. The number of aliphatic imine (C=N–C) groups is 1. The molecule has 0 radical (unpaired) electrons. The van der Waals surface area contributed by atoms with E-state index in [0.717, 1.165) is 86.4 Å². The van der Waals surface area contributed by atoms with Gasteiger partial charge in [0.25, 0.3) is 5.91 Å². The fraction of sp³-hybridized carbons (Fsp3) is 0.667. The van der Waals surface area contributed by atoms with Gasteiger partial charge in [0.1, 0.15) is 0 Å². The summed E-state index contributed by atoms with van der Waals surface area (Å²) in [5.74, 6) is 8.62. The van der Waals surface area contributed by atoms with Crippen molar-refractivity contribution in [3.05, 3.63) is 34.9 Å². The fourth-order valence-corrected chi connectivity index (χ4v) is 7.39. The molecule has 0 aromatic heterocycles. The molecule has 0 bridgehead atoms. The van der Waals surface area contributed by atoms with E-state index in [1.54, 1.807) is 11.8 Å². The number of thioether (sulfide) groups is 1. The lowest BCUT2D eigenvalue weighted by molar-refractivity contribution is -0.138. The molecule has 0 N–H and O–H groups in total. The number of amides is 1. The third-order valence-corrected chi connectivity index (χ3v) is 9.59. The van der Waals surface area contributed by atoms with Crippen molar-refractivity contribution in [2.45, 2.75) is 96.1 Å². The molecule has 1 amide bonds. The Bertz CT molecular complexity index is 1040. The van der Waals surface area contributed by atoms with E-state index in [1.807, 2.05) is 12.0 Å². The Labute approximate surface area is 215 Å². The average molecular weight is 493 g/mol. The van der Waals surface area contributed by atoms with Gasteiger partial charge in [0.05, 0.1) is 6.10 Å². The molecule has 0 saturated heterocycles. The van der Waals surface area contributed by atoms with Crippen LogP contribution in [0.15, 0.2) is 23.2 Å². The third kappa shape index (κ3) is 4.46. The molecule has 5 rings (SSSR count). The fourth-order valence-electron chi connectivity index (χ4n) is 6.24. The predicted molar refractivity (Wildman–Crippen MR) is 145 cm³/mol. The Morgan fingerprint density at radius 3 is 2.60 bits per heavy atom. The van der Waals surface area contributed by atoms with Gasteiger partial charge < -0.3 is 4.74 Å². The molecule has 1 aliphatic heterocycles. The molecule has 2 saturated carbocycles. The quantitative estimate of drug-likeness (QED) is 0.331. The van der Waals surface area contributed by atoms with Gasteiger partial charge in [-0.3, -0.25) is 9.69 Å². The molecule has 5 heteroatoms. The molecule has 35 heavy (non-hydrogen) atoms. The Morgan fingerprint density at radius 2 is 1.91 bits per heavy atom. The van der Waals surface area contributed by atoms with E-state index in [1.165, 1.54) is 18.4 Å². The molecule has 1 unspecified atom stereocenters. The second-order valence-electron chi connectivity index (χ2n) is 10.9. The Hall–Kier alpha value is -1.77. The largest absolute Gasteiger partial charge is 0.381 e. The molecule has 1 aromatic carbocycles. The smallest absolute Gasteiger partial charge is 0.261 e. The van der Waals surface area contributed by atoms with Crippen molar-refractivity contribution in [2.75, 3.05) is 19.4 Å². The van der Waals surface area contributed by atoms with Gasteiger partial charge >= 0.3 is 0 Å². The maximum atomic E-state index is 14.6. The highest BCUT2D eigenvalue weighted by Gasteiger charge is 2.66. The number of benzene rings is 1. The van der Waals surface area contributed by atoms with E-state index in [2.05, 4.69) is 43.9 Å². The van der Waals surface area contributed by atoms with Crippen molar-refractivity contribution >= 4 is 22.8 Å². The molecule has 188 valence electrons. The summed E-state index contributed by atoms with van der Waals surface area (Å²) >= 11 is 1.79. The van der Waals surface area contributed by atoms with Crippen LogP contribution in [0, 0.1) is 23.2 Å². The number of methoxy groups -OCH3 is 1. The number of hydrogen-bond donors (Lipinski definition) is 0. The first-order valence-corrected chi connectivity index (χ1v) is 14.8. The van der Waals surface area contributed by atoms with E-state index in [4.69, 9.17) is 9.73 Å². The lowest BCUT2D eigenvalue weighted by atomic mass is 9.61. The first-order valence-electron chi connectivity index (χ1n) is 13.8. The van der Waals surface area contributed by atoms with Crippen molar-refractivity contribution in [1.82, 2.24) is 4.90 Å². The SMILES string of the molecule is CCCCSC1=NC2(C(=O)N1CCCC)c1cc(C#CC3CC3)ccc1CC21CCC(OC)CC1. The molecule has 2 spiro atoms. The molecule has 1 heterocycles. The summed E-state index contributed by atoms with van der Waals surface area (Å²) in [6, 6.07) is 6.63. The standard InChI is InChI=1S/C30H40N2O2S/c1-4-6-18-32-27(33)30(31-28(32)35-19-7-5-2)26-20-23(11-10-22-8-9-22)12-13-24(26)21-29(30)16-14-25(34-3)15-17-29/h12-13,20,22,25H,4-9,14-19,21H2,1-3H3. The van der Waals surface area contributed by atoms with Gasteiger partial charge in [-0.25, -0.2) is 4.99 Å². The molecular formula is C30H40N2O2S. The zero-order valence-corrected chi connectivity index (χ0v) is 22.5. The second kappa shape index (κ2) is 10.3. The van der Waals surface area contributed by atoms with Crippen LogP contribution < -0.4 is 0 Å². The topological polar surface area (TPSA) is 41.9 Å². The summed E-state index contributed by atoms with van der Waals surface area (Å²) in [5.41, 5.74) is 2.49. The van der Waals surface area contributed by atoms with E-state index >= 15 is 0 Å². The predicted octanol–water partition coefficient (Wildman–Crippen LogP) is 6.31. The van der Waals surface area contributed by atoms with Crippen LogP contribution in [0.1, 0.15) is 94.7 Å². The first kappa shape index (κ1) is 24.9. The molecule has 2 fully saturated rings. The third-order valence-electron chi connectivity index (χ3n) is 8.53. The van der Waals surface area contributed by atoms with Crippen LogP contribution in [0.2, 0.25) is 0 Å². The zero-order valence-electron chi connectivity index (χ0n) is 21.7. The molecule has 1 atom stereocenters. The average Bonchev–Trinajstić information content (AvgIpc) is 3.62. The van der Waals surface area contributed by atoms with Crippen molar-refractivity contribution in [1.29, 1.82) is 0 Å². The van der Waals surface area contributed by atoms with Gasteiger partial charge in [0.15, 0.2) is 10.7 Å². The van der Waals surface area contributed by atoms with Crippen LogP contribution in [-0.4, -0.2) is 41.5 Å². The maximum Gasteiger partial charge on any atom is 0.261 e. The van der Waals surface area contributed by atoms with Gasteiger partial charge in [0, 0.05) is 36.3 Å². The minimum Gasteiger partial charge on any atom is -0.381 e. The Balaban J connectivity index is 1.59. The maximum absolute atomic E-state index is 14.6. The molecule has 3 aliphatic carbocycles.